The van der Waals surface area contributed by atoms with Crippen LogP contribution in [0.15, 0.2) is 41.3 Å². The summed E-state index contributed by atoms with van der Waals surface area (Å²) < 4.78 is 10.7. The molecule has 2 aromatic carbocycles. The number of ether oxygens (including phenoxy) is 2. The lowest BCUT2D eigenvalue weighted by atomic mass is 10.1. The molecule has 1 heterocycles. The number of nitrogens with two attached hydrogens (primary N) is 1. The van der Waals surface area contributed by atoms with Gasteiger partial charge in [-0.25, -0.2) is 0 Å². The van der Waals surface area contributed by atoms with E-state index in [4.69, 9.17) is 19.9 Å². The highest BCUT2D eigenvalue weighted by molar-refractivity contribution is 8.01. The molecule has 2 aromatic rings. The van der Waals surface area contributed by atoms with Crippen molar-refractivity contribution in [3.05, 3.63) is 46.9 Å². The topological polar surface area (TPSA) is 71.5 Å². The average molecular weight is 472 g/mol. The highest BCUT2D eigenvalue weighted by Gasteiger charge is 2.11. The molecule has 1 fully saturated rings. The fourth-order valence-electron chi connectivity index (χ4n) is 3.14. The molecular formula is C27H41N3O2S. The molecule has 33 heavy (non-hydrogen) atoms. The Morgan fingerprint density at radius 1 is 1.12 bits per heavy atom. The highest BCUT2D eigenvalue weighted by atomic mass is 32.2. The second-order valence-corrected chi connectivity index (χ2v) is 8.91. The molecule has 0 radical (unpaired) electrons. The molecule has 0 aromatic heterocycles. The second kappa shape index (κ2) is 16.6. The fraction of sp³-hybridized carbons (Fsp3) is 0.519. The molecule has 2 N–H and O–H groups in total. The van der Waals surface area contributed by atoms with E-state index in [0.717, 1.165) is 61.7 Å². The highest BCUT2D eigenvalue weighted by Crippen LogP contribution is 2.25. The van der Waals surface area contributed by atoms with Gasteiger partial charge in [0.05, 0.1) is 19.3 Å². The molecule has 0 atom stereocenters. The van der Waals surface area contributed by atoms with Gasteiger partial charge in [0.15, 0.2) is 0 Å². The van der Waals surface area contributed by atoms with Gasteiger partial charge in [0.2, 0.25) is 0 Å². The molecule has 0 amide bonds. The predicted molar refractivity (Wildman–Crippen MR) is 144 cm³/mol. The Balaban J connectivity index is 0.000000420. The van der Waals surface area contributed by atoms with Gasteiger partial charge in [-0.3, -0.25) is 5.14 Å². The van der Waals surface area contributed by atoms with E-state index in [0.29, 0.717) is 11.0 Å². The number of fused-ring (bicyclic) bond motifs is 1. The van der Waals surface area contributed by atoms with Crippen molar-refractivity contribution in [1.29, 1.82) is 5.26 Å². The minimum atomic E-state index is 0.392. The summed E-state index contributed by atoms with van der Waals surface area (Å²) in [6.07, 6.45) is 3.38. The minimum Gasteiger partial charge on any atom is -0.379 e. The van der Waals surface area contributed by atoms with Gasteiger partial charge in [-0.1, -0.05) is 45.9 Å². The maximum absolute atomic E-state index is 8.95. The van der Waals surface area contributed by atoms with Gasteiger partial charge in [0.1, 0.15) is 11.0 Å². The molecule has 1 aliphatic heterocycles. The largest absolute Gasteiger partial charge is 0.379 e. The van der Waals surface area contributed by atoms with E-state index in [1.165, 1.54) is 17.5 Å². The predicted octanol–water partition coefficient (Wildman–Crippen LogP) is 6.63. The molecule has 0 bridgehead atoms. The van der Waals surface area contributed by atoms with Crippen LogP contribution in [0.4, 0.5) is 5.69 Å². The molecule has 182 valence electrons. The van der Waals surface area contributed by atoms with E-state index >= 15 is 0 Å². The Labute approximate surface area is 205 Å². The smallest absolute Gasteiger partial charge is 0.107 e. The number of rotatable bonds is 7. The number of nitriles is 1. The van der Waals surface area contributed by atoms with Crippen molar-refractivity contribution in [2.45, 2.75) is 54.1 Å². The van der Waals surface area contributed by atoms with Gasteiger partial charge in [-0.05, 0) is 78.7 Å². The summed E-state index contributed by atoms with van der Waals surface area (Å²) in [6, 6.07) is 14.7. The van der Waals surface area contributed by atoms with Crippen LogP contribution in [-0.4, -0.2) is 39.0 Å². The Hall–Kier alpha value is -2.04. The summed E-state index contributed by atoms with van der Waals surface area (Å²) in [4.78, 5) is 2.85. The summed E-state index contributed by atoms with van der Waals surface area (Å²) in [5.74, 6) is 0.767. The summed E-state index contributed by atoms with van der Waals surface area (Å²) >= 11 is 0.973. The first-order valence-corrected chi connectivity index (χ1v) is 12.8. The van der Waals surface area contributed by atoms with Gasteiger partial charge in [0, 0.05) is 25.4 Å². The number of benzene rings is 2. The molecular weight excluding hydrogens is 430 g/mol. The molecule has 1 aliphatic rings. The minimum absolute atomic E-state index is 0.392. The Morgan fingerprint density at radius 3 is 2.33 bits per heavy atom. The molecule has 0 spiro atoms. The van der Waals surface area contributed by atoms with Crippen molar-refractivity contribution in [2.24, 2.45) is 11.1 Å². The molecule has 0 saturated carbocycles. The fourth-order valence-corrected chi connectivity index (χ4v) is 3.40. The lowest BCUT2D eigenvalue weighted by Gasteiger charge is -2.29. The van der Waals surface area contributed by atoms with Crippen molar-refractivity contribution in [3.8, 4) is 6.07 Å². The van der Waals surface area contributed by atoms with E-state index in [1.807, 2.05) is 19.9 Å². The number of morpholine rings is 1. The van der Waals surface area contributed by atoms with Crippen LogP contribution < -0.4 is 10.0 Å². The first-order chi connectivity index (χ1) is 15.9. The van der Waals surface area contributed by atoms with E-state index in [-0.39, 0.29) is 0 Å². The number of hydrogen-bond acceptors (Lipinski definition) is 6. The van der Waals surface area contributed by atoms with E-state index in [2.05, 4.69) is 69.0 Å². The van der Waals surface area contributed by atoms with E-state index in [1.54, 1.807) is 6.08 Å². The summed E-state index contributed by atoms with van der Waals surface area (Å²) in [5.41, 5.74) is 2.22. The Bertz CT molecular complexity index is 877. The molecule has 0 unspecified atom stereocenters. The number of allylic oxidation sites excluding steroid dienone is 1. The van der Waals surface area contributed by atoms with Crippen molar-refractivity contribution < 1.29 is 9.47 Å². The lowest BCUT2D eigenvalue weighted by Crippen LogP contribution is -2.36. The van der Waals surface area contributed by atoms with E-state index < -0.39 is 0 Å². The summed E-state index contributed by atoms with van der Waals surface area (Å²) in [5, 5.41) is 16.8. The number of hydrogen-bond donors (Lipinski definition) is 1. The molecule has 3 rings (SSSR count). The maximum atomic E-state index is 8.95. The van der Waals surface area contributed by atoms with Crippen LogP contribution in [-0.2, 0) is 9.47 Å². The Morgan fingerprint density at radius 2 is 1.76 bits per heavy atom. The first-order valence-electron chi connectivity index (χ1n) is 11.9. The van der Waals surface area contributed by atoms with Crippen molar-refractivity contribution in [2.75, 3.05) is 37.8 Å². The van der Waals surface area contributed by atoms with Gasteiger partial charge in [-0.2, -0.15) is 5.26 Å². The molecule has 0 aliphatic carbocycles. The van der Waals surface area contributed by atoms with Gasteiger partial charge >= 0.3 is 0 Å². The summed E-state index contributed by atoms with van der Waals surface area (Å²) in [6.45, 7) is 16.9. The lowest BCUT2D eigenvalue weighted by molar-refractivity contribution is 0.0710. The number of anilines is 1. The van der Waals surface area contributed by atoms with Crippen molar-refractivity contribution >= 4 is 34.5 Å². The number of nitrogens with zero attached hydrogens (tertiary/aromatic N) is 2. The third-order valence-corrected chi connectivity index (χ3v) is 5.37. The zero-order chi connectivity index (χ0) is 24.6. The normalized spacial score (nSPS) is 13.8. The third-order valence-electron chi connectivity index (χ3n) is 4.91. The van der Waals surface area contributed by atoms with Crippen LogP contribution >= 0.6 is 11.9 Å². The van der Waals surface area contributed by atoms with E-state index in [9.17, 15) is 0 Å². The van der Waals surface area contributed by atoms with Crippen LogP contribution in [0.3, 0.4) is 0 Å². The molecule has 6 heteroatoms. The maximum Gasteiger partial charge on any atom is 0.107 e. The zero-order valence-corrected chi connectivity index (χ0v) is 22.0. The first kappa shape index (κ1) is 29.0. The second-order valence-electron chi connectivity index (χ2n) is 8.23. The van der Waals surface area contributed by atoms with Gasteiger partial charge < -0.3 is 14.4 Å². The van der Waals surface area contributed by atoms with Crippen molar-refractivity contribution in [1.82, 2.24) is 0 Å². The third kappa shape index (κ3) is 11.1. The molecule has 1 saturated heterocycles. The quantitative estimate of drug-likeness (QED) is 0.361. The molecule has 5 nitrogen and oxygen atoms in total. The van der Waals surface area contributed by atoms with Crippen molar-refractivity contribution in [3.63, 3.8) is 0 Å². The van der Waals surface area contributed by atoms with Gasteiger partial charge in [0.25, 0.3) is 0 Å². The Kier molecular flexibility index (Phi) is 14.5. The van der Waals surface area contributed by atoms with Crippen LogP contribution in [0.2, 0.25) is 0 Å². The van der Waals surface area contributed by atoms with Crippen LogP contribution in [0.5, 0.6) is 0 Å². The average Bonchev–Trinajstić information content (AvgIpc) is 2.84. The zero-order valence-electron chi connectivity index (χ0n) is 21.1. The van der Waals surface area contributed by atoms with Gasteiger partial charge in [-0.15, -0.1) is 0 Å². The van der Waals surface area contributed by atoms with Crippen LogP contribution in [0.1, 0.15) is 53.5 Å². The standard InChI is InChI=1S/C17H17N3OS.C8H18O.C2H6/c18-12-17(22-19)10-13-1-2-15-11-16(4-3-14(15)9-13)20-5-7-21-8-6-20;1-7(2)5-6-9-8(3)4;1-2/h1-4,9-11H,5-8,19H2;7-8H,5-6H2,1-4H3;1-2H3/b17-10+;;. The van der Waals surface area contributed by atoms with Crippen LogP contribution in [0.25, 0.3) is 16.8 Å². The van der Waals surface area contributed by atoms with Crippen LogP contribution in [0, 0.1) is 17.2 Å². The summed E-state index contributed by atoms with van der Waals surface area (Å²) in [7, 11) is 0. The SMILES string of the molecule is CC.CC(C)CCOC(C)C.N#C/C(=C\c1ccc2cc(N3CCOCC3)ccc2c1)SN. The monoisotopic (exact) mass is 471 g/mol.